The number of hydrogen-bond acceptors (Lipinski definition) is 6. The number of rotatable bonds is 14. The Morgan fingerprint density at radius 2 is 0.567 bits per heavy atom. The predicted molar refractivity (Wildman–Crippen MR) is 512 cm³/mol. The lowest BCUT2D eigenvalue weighted by Gasteiger charge is -2.29. The van der Waals surface area contributed by atoms with E-state index in [9.17, 15) is 0 Å². The Labute approximate surface area is 700 Å². The zero-order valence-electron chi connectivity index (χ0n) is 64.9. The van der Waals surface area contributed by atoms with Crippen molar-refractivity contribution in [3.8, 4) is 89.0 Å². The topological polar surface area (TPSA) is 32.8 Å². The molecule has 4 nitrogen and oxygen atoms in total. The van der Waals surface area contributed by atoms with Gasteiger partial charge in [0, 0.05) is 95.5 Å². The van der Waals surface area contributed by atoms with Crippen molar-refractivity contribution in [1.29, 1.82) is 0 Å². The van der Waals surface area contributed by atoms with Gasteiger partial charge in [0.15, 0.2) is 0 Å². The van der Waals surface area contributed by atoms with Crippen LogP contribution >= 0.6 is 22.7 Å². The van der Waals surface area contributed by atoms with E-state index in [1.807, 2.05) is 22.7 Å². The van der Waals surface area contributed by atoms with Crippen LogP contribution in [0.1, 0.15) is 0 Å². The summed E-state index contributed by atoms with van der Waals surface area (Å²) in [7, 11) is 0. The first-order valence-corrected chi connectivity index (χ1v) is 42.5. The van der Waals surface area contributed by atoms with E-state index in [0.717, 1.165) is 139 Å². The molecular weight excluding hydrogens is 1490 g/mol. The van der Waals surface area contributed by atoms with Crippen LogP contribution in [0.25, 0.3) is 206 Å². The van der Waals surface area contributed by atoms with E-state index < -0.39 is 0 Å². The molecule has 120 heavy (non-hydrogen) atoms. The van der Waals surface area contributed by atoms with E-state index in [0.29, 0.717) is 0 Å². The molecule has 0 saturated heterocycles. The Balaban J connectivity index is 0.614. The van der Waals surface area contributed by atoms with Crippen molar-refractivity contribution < 1.29 is 8.83 Å². The van der Waals surface area contributed by atoms with Crippen molar-refractivity contribution in [1.82, 2.24) is 0 Å². The van der Waals surface area contributed by atoms with Gasteiger partial charge in [0.05, 0.1) is 22.7 Å². The van der Waals surface area contributed by atoms with Gasteiger partial charge >= 0.3 is 0 Å². The molecule has 24 rings (SSSR count). The van der Waals surface area contributed by atoms with Crippen LogP contribution in [-0.2, 0) is 0 Å². The van der Waals surface area contributed by atoms with Gasteiger partial charge in [-0.05, 0) is 214 Å². The largest absolute Gasteiger partial charge is 0.455 e. The lowest BCUT2D eigenvalue weighted by Crippen LogP contribution is -2.11. The first-order chi connectivity index (χ1) is 59.5. The van der Waals surface area contributed by atoms with Crippen molar-refractivity contribution in [2.45, 2.75) is 0 Å². The maximum Gasteiger partial charge on any atom is 0.143 e. The van der Waals surface area contributed by atoms with Crippen LogP contribution in [0.3, 0.4) is 0 Å². The van der Waals surface area contributed by atoms with E-state index in [4.69, 9.17) is 8.83 Å². The smallest absolute Gasteiger partial charge is 0.143 e. The Bertz CT molecular complexity index is 8280. The molecule has 0 saturated carbocycles. The quantitative estimate of drug-likeness (QED) is 0.109. The first-order valence-electron chi connectivity index (χ1n) is 40.9. The van der Waals surface area contributed by atoms with Crippen LogP contribution in [0.4, 0.5) is 34.1 Å². The van der Waals surface area contributed by atoms with Gasteiger partial charge in [-0.2, -0.15) is 0 Å². The number of thiophene rings is 2. The fourth-order valence-electron chi connectivity index (χ4n) is 18.8. The van der Waals surface area contributed by atoms with Gasteiger partial charge in [0.1, 0.15) is 22.3 Å². The SMILES string of the molecule is c1cc(-c2ccc(-c3ccc4ccccc4c3)cc2)cc(N(c2ccccc2-c2cccc3c2oc2ccc(-c4cc(-c5ccc6c(c5)sc5cccc(N(c7cccc(-c8ccccc8-c8ccc9ccccc9c8)c7)c7ccccc7-c7cccc8c7oc7ccccc78)c56)c5ccccc5c4)cc23)c2cccc3sc4ccccc4c23)c1. The number of para-hydroxylation sites is 5. The van der Waals surface area contributed by atoms with E-state index in [1.165, 1.54) is 100 Å². The molecule has 0 aliphatic heterocycles. The summed E-state index contributed by atoms with van der Waals surface area (Å²) in [6.45, 7) is 0. The second kappa shape index (κ2) is 28.3. The average molecular weight is 1560 g/mol. The number of anilines is 6. The first kappa shape index (κ1) is 69.2. The van der Waals surface area contributed by atoms with Crippen molar-refractivity contribution in [3.63, 3.8) is 0 Å². The molecule has 0 amide bonds. The standard InChI is InChI=1S/C114H70N2O2S2/c1-3-25-75-63-78(57-55-71(75)23-1)74-53-51-73(52-54-74)77-28-17-30-85(66-77)115(103-45-21-49-108-111(103)97-38-12-16-48-107(97)119-108)101-43-13-10-36-91(101)94-40-20-42-96-100-68-79(60-62-106(100)118-114(94)96)84-65-80-27-5-6-34-89(80)99(69-84)83-59-61-98-110(70-83)120-109-50-22-46-104(112(98)109)116(102-44-14-9-35-90(102)93-39-19-41-95-92-37-11-15-47-105(92)117-113(93)95)86-31-18-29-81(67-86)87-32-7-8-33-88(87)82-58-56-72-24-2-4-26-76(72)64-82/h1-70H. The lowest BCUT2D eigenvalue weighted by molar-refractivity contribution is 0.669. The Kier molecular flexibility index (Phi) is 16.3. The van der Waals surface area contributed by atoms with Crippen LogP contribution in [0.5, 0.6) is 0 Å². The number of fused-ring (bicyclic) bond motifs is 15. The molecule has 560 valence electrons. The zero-order chi connectivity index (χ0) is 78.9. The third-order valence-corrected chi connectivity index (χ3v) is 26.7. The maximum atomic E-state index is 7.22. The molecule has 0 fully saturated rings. The molecular formula is C114H70N2O2S2. The predicted octanol–water partition coefficient (Wildman–Crippen LogP) is 34.0. The third-order valence-electron chi connectivity index (χ3n) is 24.4. The second-order valence-electron chi connectivity index (χ2n) is 31.3. The normalized spacial score (nSPS) is 11.8. The molecule has 4 heterocycles. The van der Waals surface area contributed by atoms with Gasteiger partial charge in [-0.25, -0.2) is 0 Å². The number of nitrogens with zero attached hydrogens (tertiary/aromatic N) is 2. The highest BCUT2D eigenvalue weighted by molar-refractivity contribution is 7.26. The summed E-state index contributed by atoms with van der Waals surface area (Å²) in [5.74, 6) is 0. The van der Waals surface area contributed by atoms with E-state index in [-0.39, 0.29) is 0 Å². The van der Waals surface area contributed by atoms with Crippen molar-refractivity contribution >= 4 is 173 Å². The fraction of sp³-hybridized carbons (Fsp3) is 0. The Hall–Kier alpha value is -15.2. The summed E-state index contributed by atoms with van der Waals surface area (Å²) in [6, 6.07) is 156. The molecule has 6 heteroatoms. The van der Waals surface area contributed by atoms with E-state index in [2.05, 4.69) is 434 Å². The average Bonchev–Trinajstić information content (AvgIpc) is 1.56. The minimum Gasteiger partial charge on any atom is -0.455 e. The molecule has 0 N–H and O–H groups in total. The fourth-order valence-corrected chi connectivity index (χ4v) is 21.1. The summed E-state index contributed by atoms with van der Waals surface area (Å²) in [5.41, 5.74) is 27.8. The molecule has 0 bridgehead atoms. The monoisotopic (exact) mass is 1560 g/mol. The van der Waals surface area contributed by atoms with Crippen LogP contribution in [0.15, 0.2) is 433 Å². The van der Waals surface area contributed by atoms with Gasteiger partial charge < -0.3 is 18.6 Å². The molecule has 4 aromatic heterocycles. The van der Waals surface area contributed by atoms with Gasteiger partial charge in [-0.1, -0.05) is 309 Å². The van der Waals surface area contributed by atoms with Crippen LogP contribution < -0.4 is 9.80 Å². The zero-order valence-corrected chi connectivity index (χ0v) is 66.6. The van der Waals surface area contributed by atoms with Crippen molar-refractivity contribution in [2.75, 3.05) is 9.80 Å². The molecule has 24 aromatic rings. The molecule has 20 aromatic carbocycles. The lowest BCUT2D eigenvalue weighted by atomic mass is 9.92. The number of furan rings is 2. The summed E-state index contributed by atoms with van der Waals surface area (Å²) in [5, 5.41) is 16.4. The van der Waals surface area contributed by atoms with Crippen LogP contribution in [0.2, 0.25) is 0 Å². The number of hydrogen-bond donors (Lipinski definition) is 0. The van der Waals surface area contributed by atoms with Gasteiger partial charge in [0.2, 0.25) is 0 Å². The van der Waals surface area contributed by atoms with Gasteiger partial charge in [0.25, 0.3) is 0 Å². The summed E-state index contributed by atoms with van der Waals surface area (Å²) >= 11 is 3.70. The van der Waals surface area contributed by atoms with Crippen molar-refractivity contribution in [3.05, 3.63) is 425 Å². The molecule has 0 atom stereocenters. The molecule has 0 aliphatic rings. The summed E-state index contributed by atoms with van der Waals surface area (Å²) < 4.78 is 19.0. The third kappa shape index (κ3) is 11.6. The molecule has 0 unspecified atom stereocenters. The highest BCUT2D eigenvalue weighted by Crippen LogP contribution is 2.54. The van der Waals surface area contributed by atoms with Crippen LogP contribution in [0, 0.1) is 0 Å². The summed E-state index contributed by atoms with van der Waals surface area (Å²) in [6.07, 6.45) is 0. The number of benzene rings is 20. The molecule has 0 radical (unpaired) electrons. The van der Waals surface area contributed by atoms with E-state index in [1.54, 1.807) is 0 Å². The van der Waals surface area contributed by atoms with Gasteiger partial charge in [-0.3, -0.25) is 0 Å². The minimum absolute atomic E-state index is 0.834. The Morgan fingerprint density at radius 3 is 1.23 bits per heavy atom. The summed E-state index contributed by atoms with van der Waals surface area (Å²) in [4.78, 5) is 4.97. The molecule has 0 aliphatic carbocycles. The molecule has 0 spiro atoms. The van der Waals surface area contributed by atoms with Crippen LogP contribution in [-0.4, -0.2) is 0 Å². The highest BCUT2D eigenvalue weighted by atomic mass is 32.1. The highest BCUT2D eigenvalue weighted by Gasteiger charge is 2.28. The van der Waals surface area contributed by atoms with Crippen molar-refractivity contribution in [2.24, 2.45) is 0 Å². The Morgan fingerprint density at radius 1 is 0.175 bits per heavy atom. The maximum absolute atomic E-state index is 7.22. The second-order valence-corrected chi connectivity index (χ2v) is 33.5. The van der Waals surface area contributed by atoms with Gasteiger partial charge in [-0.15, -0.1) is 22.7 Å². The minimum atomic E-state index is 0.834. The van der Waals surface area contributed by atoms with E-state index >= 15 is 0 Å².